The highest BCUT2D eigenvalue weighted by Gasteiger charge is 2.41. The zero-order valence-electron chi connectivity index (χ0n) is 30.1. The number of tetrazole rings is 1. The maximum atomic E-state index is 13.1. The summed E-state index contributed by atoms with van der Waals surface area (Å²) in [5.41, 5.74) is 7.56. The summed E-state index contributed by atoms with van der Waals surface area (Å²) >= 11 is 0. The molecular weight excluding hydrogens is 659 g/mol. The lowest BCUT2D eigenvalue weighted by Gasteiger charge is -2.34. The Labute approximate surface area is 310 Å². The van der Waals surface area contributed by atoms with E-state index in [1.54, 1.807) is 17.8 Å². The van der Waals surface area contributed by atoms with E-state index in [-0.39, 0.29) is 13.2 Å². The van der Waals surface area contributed by atoms with E-state index < -0.39 is 11.5 Å². The van der Waals surface area contributed by atoms with Gasteiger partial charge in [0.1, 0.15) is 17.9 Å². The van der Waals surface area contributed by atoms with Crippen LogP contribution in [0.15, 0.2) is 146 Å². The van der Waals surface area contributed by atoms with Crippen molar-refractivity contribution in [1.82, 2.24) is 25.2 Å². The fourth-order valence-corrected chi connectivity index (χ4v) is 6.90. The highest BCUT2D eigenvalue weighted by molar-refractivity contribution is 5.94. The Morgan fingerprint density at radius 3 is 1.87 bits per heavy atom. The average Bonchev–Trinajstić information content (AvgIpc) is 3.69. The SMILES string of the molecule is CCCc1nc(C)cc(OCc2ccc(-c3ccccc3)c(-c3nnn(C(c4ccccc4)(c4ccccc4)c4ccccc4)n3)c2)c1C(=O)OCC. The number of ether oxygens (including phenoxy) is 2. The van der Waals surface area contributed by atoms with Crippen LogP contribution >= 0.6 is 0 Å². The lowest BCUT2D eigenvalue weighted by Crippen LogP contribution is -2.39. The van der Waals surface area contributed by atoms with E-state index in [4.69, 9.17) is 24.9 Å². The predicted molar refractivity (Wildman–Crippen MR) is 207 cm³/mol. The highest BCUT2D eigenvalue weighted by atomic mass is 16.5. The first kappa shape index (κ1) is 35.0. The molecule has 2 heterocycles. The van der Waals surface area contributed by atoms with Crippen LogP contribution in [-0.4, -0.2) is 37.8 Å². The van der Waals surface area contributed by atoms with Crippen LogP contribution in [0.4, 0.5) is 0 Å². The Bertz CT molecular complexity index is 2200. The molecule has 8 nitrogen and oxygen atoms in total. The molecule has 53 heavy (non-hydrogen) atoms. The van der Waals surface area contributed by atoms with Gasteiger partial charge in [0, 0.05) is 17.3 Å². The van der Waals surface area contributed by atoms with Gasteiger partial charge in [0.25, 0.3) is 0 Å². The summed E-state index contributed by atoms with van der Waals surface area (Å²) in [6, 6.07) is 49.0. The standard InChI is InChI=1S/C45H41N5O3/c1-4-18-40-42(44(51)52-5-2)41(29-32(3)46-40)53-31-33-27-28-38(34-19-10-6-11-20-34)39(30-33)43-47-49-50(48-43)45(35-21-12-7-13-22-35,36-23-14-8-15-24-36)37-25-16-9-17-26-37/h6-17,19-30H,4-5,18,31H2,1-3H3. The first-order valence-electron chi connectivity index (χ1n) is 18.0. The molecule has 0 aliphatic heterocycles. The number of hydrogen-bond acceptors (Lipinski definition) is 7. The summed E-state index contributed by atoms with van der Waals surface area (Å²) in [6.07, 6.45) is 1.47. The molecule has 0 aliphatic carbocycles. The summed E-state index contributed by atoms with van der Waals surface area (Å²) in [5.74, 6) is 0.490. The molecule has 5 aromatic carbocycles. The van der Waals surface area contributed by atoms with E-state index in [0.29, 0.717) is 29.3 Å². The molecular formula is C45H41N5O3. The van der Waals surface area contributed by atoms with Gasteiger partial charge < -0.3 is 9.47 Å². The van der Waals surface area contributed by atoms with E-state index in [9.17, 15) is 4.79 Å². The van der Waals surface area contributed by atoms with Crippen molar-refractivity contribution in [2.45, 2.75) is 45.8 Å². The minimum Gasteiger partial charge on any atom is -0.488 e. The van der Waals surface area contributed by atoms with E-state index in [1.165, 1.54) is 0 Å². The van der Waals surface area contributed by atoms with Crippen LogP contribution in [0.5, 0.6) is 5.75 Å². The fraction of sp³-hybridized carbons (Fsp3) is 0.178. The maximum absolute atomic E-state index is 13.1. The molecule has 0 N–H and O–H groups in total. The van der Waals surface area contributed by atoms with E-state index in [0.717, 1.165) is 51.1 Å². The second kappa shape index (κ2) is 15.9. The Balaban J connectivity index is 1.35. The number of hydrogen-bond donors (Lipinski definition) is 0. The Hall–Kier alpha value is -6.41. The summed E-state index contributed by atoms with van der Waals surface area (Å²) in [4.78, 5) is 19.5. The minimum absolute atomic E-state index is 0.194. The quantitative estimate of drug-likeness (QED) is 0.0875. The lowest BCUT2D eigenvalue weighted by atomic mass is 9.77. The van der Waals surface area contributed by atoms with Gasteiger partial charge in [-0.3, -0.25) is 4.98 Å². The summed E-state index contributed by atoms with van der Waals surface area (Å²) in [5, 5.41) is 14.8. The molecule has 0 saturated carbocycles. The lowest BCUT2D eigenvalue weighted by molar-refractivity contribution is 0.0519. The van der Waals surface area contributed by atoms with Gasteiger partial charge in [0.05, 0.1) is 12.3 Å². The minimum atomic E-state index is -0.915. The van der Waals surface area contributed by atoms with Crippen LogP contribution in [-0.2, 0) is 23.3 Å². The van der Waals surface area contributed by atoms with Crippen molar-refractivity contribution in [3.63, 3.8) is 0 Å². The van der Waals surface area contributed by atoms with Crippen molar-refractivity contribution < 1.29 is 14.3 Å². The maximum Gasteiger partial charge on any atom is 0.343 e. The molecule has 0 fully saturated rings. The molecule has 264 valence electrons. The van der Waals surface area contributed by atoms with E-state index in [2.05, 4.69) is 66.5 Å². The van der Waals surface area contributed by atoms with Gasteiger partial charge in [0.2, 0.25) is 5.82 Å². The zero-order valence-corrected chi connectivity index (χ0v) is 30.1. The number of benzene rings is 5. The third-order valence-corrected chi connectivity index (χ3v) is 9.24. The summed E-state index contributed by atoms with van der Waals surface area (Å²) in [7, 11) is 0. The van der Waals surface area contributed by atoms with Crippen molar-refractivity contribution >= 4 is 5.97 Å². The largest absolute Gasteiger partial charge is 0.488 e. The van der Waals surface area contributed by atoms with Gasteiger partial charge in [-0.05, 0) is 64.9 Å². The third-order valence-electron chi connectivity index (χ3n) is 9.24. The summed E-state index contributed by atoms with van der Waals surface area (Å²) < 4.78 is 11.9. The molecule has 0 unspecified atom stereocenters. The number of nitrogens with zero attached hydrogens (tertiary/aromatic N) is 5. The smallest absolute Gasteiger partial charge is 0.343 e. The van der Waals surface area contributed by atoms with Crippen LogP contribution in [0.3, 0.4) is 0 Å². The van der Waals surface area contributed by atoms with Crippen molar-refractivity contribution in [2.75, 3.05) is 6.61 Å². The van der Waals surface area contributed by atoms with Crippen LogP contribution in [0.25, 0.3) is 22.5 Å². The Morgan fingerprint density at radius 2 is 1.30 bits per heavy atom. The number of aromatic nitrogens is 5. The Morgan fingerprint density at radius 1 is 0.717 bits per heavy atom. The van der Waals surface area contributed by atoms with Gasteiger partial charge in [-0.1, -0.05) is 147 Å². The number of carbonyl (C=O) groups excluding carboxylic acids is 1. The molecule has 7 rings (SSSR count). The number of aryl methyl sites for hydroxylation is 2. The predicted octanol–water partition coefficient (Wildman–Crippen LogP) is 9.26. The topological polar surface area (TPSA) is 92.0 Å². The van der Waals surface area contributed by atoms with Crippen LogP contribution in [0.2, 0.25) is 0 Å². The molecule has 0 radical (unpaired) electrons. The average molecular weight is 700 g/mol. The fourth-order valence-electron chi connectivity index (χ4n) is 6.90. The van der Waals surface area contributed by atoms with Crippen LogP contribution in [0.1, 0.15) is 64.3 Å². The van der Waals surface area contributed by atoms with Gasteiger partial charge >= 0.3 is 5.97 Å². The molecule has 7 aromatic rings. The van der Waals surface area contributed by atoms with E-state index in [1.807, 2.05) is 91.9 Å². The molecule has 8 heteroatoms. The highest BCUT2D eigenvalue weighted by Crippen LogP contribution is 2.40. The Kier molecular flexibility index (Phi) is 10.5. The van der Waals surface area contributed by atoms with Crippen molar-refractivity contribution in [3.8, 4) is 28.3 Å². The van der Waals surface area contributed by atoms with Crippen LogP contribution < -0.4 is 4.74 Å². The third kappa shape index (κ3) is 7.08. The van der Waals surface area contributed by atoms with Gasteiger partial charge in [-0.25, -0.2) is 4.79 Å². The number of pyridine rings is 1. The van der Waals surface area contributed by atoms with E-state index >= 15 is 0 Å². The molecule has 0 amide bonds. The monoisotopic (exact) mass is 699 g/mol. The first-order chi connectivity index (χ1) is 26.0. The molecule has 2 aromatic heterocycles. The summed E-state index contributed by atoms with van der Waals surface area (Å²) in [6.45, 7) is 6.21. The van der Waals surface area contributed by atoms with Crippen molar-refractivity contribution in [2.24, 2.45) is 0 Å². The van der Waals surface area contributed by atoms with Crippen molar-refractivity contribution in [1.29, 1.82) is 0 Å². The number of esters is 1. The van der Waals surface area contributed by atoms with Crippen LogP contribution in [0, 0.1) is 6.92 Å². The molecule has 0 saturated heterocycles. The second-order valence-corrected chi connectivity index (χ2v) is 12.8. The zero-order chi connectivity index (χ0) is 36.6. The first-order valence-corrected chi connectivity index (χ1v) is 18.0. The normalized spacial score (nSPS) is 11.3. The number of rotatable bonds is 13. The van der Waals surface area contributed by atoms with Gasteiger partial charge in [-0.15, -0.1) is 15.0 Å². The van der Waals surface area contributed by atoms with Gasteiger partial charge in [0.15, 0.2) is 5.54 Å². The molecule has 0 aliphatic rings. The molecule has 0 bridgehead atoms. The van der Waals surface area contributed by atoms with Crippen molar-refractivity contribution in [3.05, 3.63) is 185 Å². The molecule has 0 atom stereocenters. The number of carbonyl (C=O) groups is 1. The van der Waals surface area contributed by atoms with Gasteiger partial charge in [-0.2, -0.15) is 0 Å². The molecule has 0 spiro atoms. The second-order valence-electron chi connectivity index (χ2n) is 12.8.